The normalized spacial score (nSPS) is 14.1. The summed E-state index contributed by atoms with van der Waals surface area (Å²) in [4.78, 5) is 12.7. The van der Waals surface area contributed by atoms with Gasteiger partial charge in [-0.2, -0.15) is 17.9 Å². The number of thiophene rings is 1. The van der Waals surface area contributed by atoms with E-state index in [4.69, 9.17) is 0 Å². The van der Waals surface area contributed by atoms with Gasteiger partial charge in [0.05, 0.1) is 22.5 Å². The highest BCUT2D eigenvalue weighted by Crippen LogP contribution is 2.34. The summed E-state index contributed by atoms with van der Waals surface area (Å²) in [5.41, 5.74) is -0.508. The molecule has 31 heavy (non-hydrogen) atoms. The van der Waals surface area contributed by atoms with Crippen LogP contribution in [-0.2, 0) is 21.0 Å². The standard InChI is InChI=1S/C21H19F3N2O3S2/c1-14(26-31(28,29)18-12-6-5-10-16(18)21(22,23)24)20(27)25-19(17-11-7-13-30-17)15-8-3-2-4-9-15/h2-14,19,26H,1H3,(H,25,27). The van der Waals surface area contributed by atoms with Gasteiger partial charge < -0.3 is 5.32 Å². The van der Waals surface area contributed by atoms with E-state index in [2.05, 4.69) is 10.0 Å². The van der Waals surface area contributed by atoms with Crippen molar-refractivity contribution in [1.29, 1.82) is 0 Å². The van der Waals surface area contributed by atoms with Crippen molar-refractivity contribution < 1.29 is 26.4 Å². The smallest absolute Gasteiger partial charge is 0.343 e. The predicted molar refractivity (Wildman–Crippen MR) is 112 cm³/mol. The number of carbonyl (C=O) groups is 1. The molecule has 3 rings (SSSR count). The van der Waals surface area contributed by atoms with Crippen molar-refractivity contribution in [1.82, 2.24) is 10.0 Å². The van der Waals surface area contributed by atoms with Gasteiger partial charge in [0.1, 0.15) is 0 Å². The Morgan fingerprint density at radius 1 is 0.968 bits per heavy atom. The van der Waals surface area contributed by atoms with Gasteiger partial charge in [0.2, 0.25) is 15.9 Å². The molecule has 0 radical (unpaired) electrons. The first-order valence-electron chi connectivity index (χ1n) is 9.17. The summed E-state index contributed by atoms with van der Waals surface area (Å²) in [5.74, 6) is -0.671. The Morgan fingerprint density at radius 2 is 1.61 bits per heavy atom. The summed E-state index contributed by atoms with van der Waals surface area (Å²) in [6.07, 6.45) is -4.85. The minimum Gasteiger partial charge on any atom is -0.343 e. The molecule has 0 fully saturated rings. The fourth-order valence-corrected chi connectivity index (χ4v) is 5.20. The number of nitrogens with one attached hydrogen (secondary N) is 2. The lowest BCUT2D eigenvalue weighted by atomic mass is 10.1. The molecule has 0 saturated carbocycles. The molecule has 0 aliphatic carbocycles. The lowest BCUT2D eigenvalue weighted by Crippen LogP contribution is -2.46. The topological polar surface area (TPSA) is 75.3 Å². The number of amides is 1. The van der Waals surface area contributed by atoms with Gasteiger partial charge in [-0.05, 0) is 36.1 Å². The number of hydrogen-bond acceptors (Lipinski definition) is 4. The molecular weight excluding hydrogens is 449 g/mol. The van der Waals surface area contributed by atoms with Crippen molar-refractivity contribution in [3.63, 3.8) is 0 Å². The predicted octanol–water partition coefficient (Wildman–Crippen LogP) is 4.34. The minimum absolute atomic E-state index is 0.525. The molecule has 0 spiro atoms. The second kappa shape index (κ2) is 9.21. The summed E-state index contributed by atoms with van der Waals surface area (Å²) >= 11 is 1.42. The molecule has 0 saturated heterocycles. The molecule has 10 heteroatoms. The Balaban J connectivity index is 1.82. The monoisotopic (exact) mass is 468 g/mol. The average molecular weight is 469 g/mol. The number of hydrogen-bond donors (Lipinski definition) is 2. The maximum Gasteiger partial charge on any atom is 0.417 e. The van der Waals surface area contributed by atoms with Crippen LogP contribution in [-0.4, -0.2) is 20.4 Å². The molecule has 3 aromatic rings. The minimum atomic E-state index is -4.85. The number of sulfonamides is 1. The molecule has 0 aliphatic rings. The van der Waals surface area contributed by atoms with Crippen LogP contribution in [0.4, 0.5) is 13.2 Å². The van der Waals surface area contributed by atoms with Crippen LogP contribution in [0.2, 0.25) is 0 Å². The van der Waals surface area contributed by atoms with Gasteiger partial charge in [-0.25, -0.2) is 8.42 Å². The highest BCUT2D eigenvalue weighted by molar-refractivity contribution is 7.89. The maximum atomic E-state index is 13.2. The van der Waals surface area contributed by atoms with Gasteiger partial charge in [-0.3, -0.25) is 4.79 Å². The molecule has 1 aromatic heterocycles. The van der Waals surface area contributed by atoms with Gasteiger partial charge in [0.15, 0.2) is 0 Å². The van der Waals surface area contributed by atoms with E-state index in [0.29, 0.717) is 6.07 Å². The molecule has 2 unspecified atom stereocenters. The molecule has 0 aliphatic heterocycles. The van der Waals surface area contributed by atoms with E-state index in [9.17, 15) is 26.4 Å². The van der Waals surface area contributed by atoms with E-state index in [1.807, 2.05) is 47.8 Å². The van der Waals surface area contributed by atoms with E-state index in [-0.39, 0.29) is 0 Å². The highest BCUT2D eigenvalue weighted by atomic mass is 32.2. The number of carbonyl (C=O) groups excluding carboxylic acids is 1. The Kier molecular flexibility index (Phi) is 6.83. The fraction of sp³-hybridized carbons (Fsp3) is 0.190. The zero-order valence-corrected chi connectivity index (χ0v) is 17.9. The van der Waals surface area contributed by atoms with Crippen LogP contribution in [0, 0.1) is 0 Å². The average Bonchev–Trinajstić information content (AvgIpc) is 3.26. The van der Waals surface area contributed by atoms with Crippen molar-refractivity contribution in [3.05, 3.63) is 88.1 Å². The Morgan fingerprint density at radius 3 is 2.23 bits per heavy atom. The van der Waals surface area contributed by atoms with Crippen molar-refractivity contribution in [3.8, 4) is 0 Å². The second-order valence-electron chi connectivity index (χ2n) is 6.70. The zero-order chi connectivity index (χ0) is 22.6. The van der Waals surface area contributed by atoms with Crippen LogP contribution in [0.5, 0.6) is 0 Å². The number of halogens is 3. The lowest BCUT2D eigenvalue weighted by Gasteiger charge is -2.22. The Labute approximate surface area is 182 Å². The zero-order valence-electron chi connectivity index (χ0n) is 16.3. The second-order valence-corrected chi connectivity index (χ2v) is 9.37. The summed E-state index contributed by atoms with van der Waals surface area (Å²) in [5, 5.41) is 4.62. The van der Waals surface area contributed by atoms with Crippen LogP contribution < -0.4 is 10.0 Å². The van der Waals surface area contributed by atoms with Gasteiger partial charge in [0, 0.05) is 4.88 Å². The van der Waals surface area contributed by atoms with Crippen LogP contribution >= 0.6 is 11.3 Å². The fourth-order valence-electron chi connectivity index (χ4n) is 2.97. The van der Waals surface area contributed by atoms with Crippen LogP contribution in [0.15, 0.2) is 77.0 Å². The van der Waals surface area contributed by atoms with Gasteiger partial charge in [-0.15, -0.1) is 11.3 Å². The van der Waals surface area contributed by atoms with Crippen LogP contribution in [0.3, 0.4) is 0 Å². The third-order valence-corrected chi connectivity index (χ3v) is 6.99. The number of benzene rings is 2. The van der Waals surface area contributed by atoms with Crippen molar-refractivity contribution in [2.45, 2.75) is 30.1 Å². The first-order chi connectivity index (χ1) is 14.6. The summed E-state index contributed by atoms with van der Waals surface area (Å²) in [6, 6.07) is 14.7. The summed E-state index contributed by atoms with van der Waals surface area (Å²) < 4.78 is 66.9. The molecule has 2 N–H and O–H groups in total. The number of rotatable bonds is 7. The third-order valence-electron chi connectivity index (χ3n) is 4.45. The van der Waals surface area contributed by atoms with Crippen LogP contribution in [0.25, 0.3) is 0 Å². The molecule has 1 heterocycles. The first kappa shape index (κ1) is 23.0. The van der Waals surface area contributed by atoms with E-state index in [0.717, 1.165) is 22.6 Å². The van der Waals surface area contributed by atoms with Crippen molar-refractivity contribution in [2.75, 3.05) is 0 Å². The van der Waals surface area contributed by atoms with Crippen LogP contribution in [0.1, 0.15) is 29.0 Å². The molecule has 1 amide bonds. The van der Waals surface area contributed by atoms with E-state index in [1.165, 1.54) is 24.3 Å². The summed E-state index contributed by atoms with van der Waals surface area (Å²) in [6.45, 7) is 1.28. The van der Waals surface area contributed by atoms with Crippen molar-refractivity contribution in [2.24, 2.45) is 0 Å². The quantitative estimate of drug-likeness (QED) is 0.542. The molecular formula is C21H19F3N2O3S2. The first-order valence-corrected chi connectivity index (χ1v) is 11.5. The summed E-state index contributed by atoms with van der Waals surface area (Å²) in [7, 11) is -4.60. The van der Waals surface area contributed by atoms with Gasteiger partial charge >= 0.3 is 6.18 Å². The lowest BCUT2D eigenvalue weighted by molar-refractivity contribution is -0.139. The Hall–Kier alpha value is -2.69. The third kappa shape index (κ3) is 5.52. The number of alkyl halides is 3. The molecule has 5 nitrogen and oxygen atoms in total. The van der Waals surface area contributed by atoms with Gasteiger partial charge in [0.25, 0.3) is 0 Å². The highest BCUT2D eigenvalue weighted by Gasteiger charge is 2.37. The maximum absolute atomic E-state index is 13.2. The molecule has 0 bridgehead atoms. The largest absolute Gasteiger partial charge is 0.417 e. The molecule has 2 aromatic carbocycles. The van der Waals surface area contributed by atoms with Crippen molar-refractivity contribution >= 4 is 27.3 Å². The molecule has 164 valence electrons. The SMILES string of the molecule is CC(NS(=O)(=O)c1ccccc1C(F)(F)F)C(=O)NC(c1ccccc1)c1cccs1. The Bertz CT molecular complexity index is 1130. The van der Waals surface area contributed by atoms with E-state index in [1.54, 1.807) is 0 Å². The van der Waals surface area contributed by atoms with E-state index >= 15 is 0 Å². The van der Waals surface area contributed by atoms with Gasteiger partial charge in [-0.1, -0.05) is 48.5 Å². The molecule has 2 atom stereocenters. The van der Waals surface area contributed by atoms with E-state index < -0.39 is 44.6 Å².